The highest BCUT2D eigenvalue weighted by atomic mass is 16.5. The maximum Gasteiger partial charge on any atom is 0.154 e. The first-order valence-corrected chi connectivity index (χ1v) is 6.77. The van der Waals surface area contributed by atoms with E-state index in [2.05, 4.69) is 13.8 Å². The monoisotopic (exact) mass is 271 g/mol. The Labute approximate surface area is 120 Å². The van der Waals surface area contributed by atoms with Crippen molar-refractivity contribution >= 4 is 5.69 Å². The van der Waals surface area contributed by atoms with Crippen LogP contribution in [0.25, 0.3) is 0 Å². The van der Waals surface area contributed by atoms with Crippen molar-refractivity contribution in [1.82, 2.24) is 0 Å². The lowest BCUT2D eigenvalue weighted by atomic mass is 10.1. The fourth-order valence-corrected chi connectivity index (χ4v) is 1.87. The Balaban J connectivity index is 2.27. The molecule has 0 saturated carbocycles. The van der Waals surface area contributed by atoms with Gasteiger partial charge in [-0.3, -0.25) is 0 Å². The highest BCUT2D eigenvalue weighted by Crippen LogP contribution is 2.35. The van der Waals surface area contributed by atoms with Gasteiger partial charge in [-0.1, -0.05) is 12.1 Å². The van der Waals surface area contributed by atoms with Crippen LogP contribution in [0.5, 0.6) is 17.2 Å². The molecular formula is C17H21NO2. The maximum absolute atomic E-state index is 6.10. The van der Waals surface area contributed by atoms with Gasteiger partial charge in [-0.25, -0.2) is 0 Å². The van der Waals surface area contributed by atoms with Crippen molar-refractivity contribution in [2.45, 2.75) is 33.8 Å². The van der Waals surface area contributed by atoms with E-state index in [0.717, 1.165) is 5.75 Å². The third-order valence-corrected chi connectivity index (χ3v) is 3.09. The molecular weight excluding hydrogens is 250 g/mol. The van der Waals surface area contributed by atoms with Gasteiger partial charge >= 0.3 is 0 Å². The fraction of sp³-hybridized carbons (Fsp3) is 0.294. The van der Waals surface area contributed by atoms with Gasteiger partial charge < -0.3 is 15.2 Å². The van der Waals surface area contributed by atoms with Gasteiger partial charge in [0.2, 0.25) is 0 Å². The smallest absolute Gasteiger partial charge is 0.154 e. The summed E-state index contributed by atoms with van der Waals surface area (Å²) in [5.74, 6) is 2.05. The van der Waals surface area contributed by atoms with Crippen LogP contribution in [0.3, 0.4) is 0 Å². The Kier molecular flexibility index (Phi) is 4.18. The van der Waals surface area contributed by atoms with Crippen molar-refractivity contribution in [2.75, 3.05) is 5.73 Å². The molecule has 2 aromatic carbocycles. The molecule has 0 bridgehead atoms. The van der Waals surface area contributed by atoms with Crippen LogP contribution in [-0.4, -0.2) is 6.10 Å². The van der Waals surface area contributed by atoms with Crippen LogP contribution in [0.1, 0.15) is 25.0 Å². The summed E-state index contributed by atoms with van der Waals surface area (Å²) in [6.45, 7) is 8.07. The van der Waals surface area contributed by atoms with Gasteiger partial charge in [0.1, 0.15) is 17.2 Å². The van der Waals surface area contributed by atoms with E-state index in [9.17, 15) is 0 Å². The maximum atomic E-state index is 6.10. The standard InChI is InChI=1S/C17H21NO2/c1-11(2)19-15-6-5-7-16(17(15)18)20-14-9-8-12(3)13(4)10-14/h5-11H,18H2,1-4H3. The molecule has 0 heterocycles. The van der Waals surface area contributed by atoms with Crippen molar-refractivity contribution in [1.29, 1.82) is 0 Å². The van der Waals surface area contributed by atoms with Gasteiger partial charge in [-0.2, -0.15) is 0 Å². The lowest BCUT2D eigenvalue weighted by molar-refractivity contribution is 0.243. The summed E-state index contributed by atoms with van der Waals surface area (Å²) >= 11 is 0. The van der Waals surface area contributed by atoms with E-state index < -0.39 is 0 Å². The molecule has 0 atom stereocenters. The third kappa shape index (κ3) is 3.23. The van der Waals surface area contributed by atoms with E-state index in [1.807, 2.05) is 50.2 Å². The zero-order chi connectivity index (χ0) is 14.7. The number of hydrogen-bond donors (Lipinski definition) is 1. The molecule has 3 nitrogen and oxygen atoms in total. The predicted molar refractivity (Wildman–Crippen MR) is 82.6 cm³/mol. The number of para-hydroxylation sites is 1. The van der Waals surface area contributed by atoms with Gasteiger partial charge in [-0.15, -0.1) is 0 Å². The summed E-state index contributed by atoms with van der Waals surface area (Å²) in [6, 6.07) is 11.6. The molecule has 0 aliphatic rings. The predicted octanol–water partition coefficient (Wildman–Crippen LogP) is 4.47. The normalized spacial score (nSPS) is 10.7. The summed E-state index contributed by atoms with van der Waals surface area (Å²) in [5, 5.41) is 0. The largest absolute Gasteiger partial charge is 0.489 e. The Morgan fingerprint density at radius 1 is 0.950 bits per heavy atom. The number of rotatable bonds is 4. The molecule has 0 aliphatic heterocycles. The Morgan fingerprint density at radius 3 is 2.30 bits per heavy atom. The second-order valence-corrected chi connectivity index (χ2v) is 5.18. The minimum atomic E-state index is 0.0779. The molecule has 0 aliphatic carbocycles. The number of aryl methyl sites for hydroxylation is 2. The highest BCUT2D eigenvalue weighted by molar-refractivity contribution is 5.63. The minimum absolute atomic E-state index is 0.0779. The molecule has 0 saturated heterocycles. The van der Waals surface area contributed by atoms with Crippen LogP contribution in [0.15, 0.2) is 36.4 Å². The number of nitrogens with two attached hydrogens (primary N) is 1. The Bertz CT molecular complexity index is 606. The molecule has 0 radical (unpaired) electrons. The van der Waals surface area contributed by atoms with Crippen LogP contribution in [0.4, 0.5) is 5.69 Å². The summed E-state index contributed by atoms with van der Waals surface area (Å²) in [7, 11) is 0. The molecule has 20 heavy (non-hydrogen) atoms. The molecule has 0 unspecified atom stereocenters. The lowest BCUT2D eigenvalue weighted by Crippen LogP contribution is -2.07. The quantitative estimate of drug-likeness (QED) is 0.835. The third-order valence-electron chi connectivity index (χ3n) is 3.09. The van der Waals surface area contributed by atoms with Crippen molar-refractivity contribution in [3.05, 3.63) is 47.5 Å². The van der Waals surface area contributed by atoms with Crippen LogP contribution in [-0.2, 0) is 0 Å². The first-order valence-electron chi connectivity index (χ1n) is 6.77. The number of nitrogen functional groups attached to an aromatic ring is 1. The summed E-state index contributed by atoms with van der Waals surface area (Å²) < 4.78 is 11.5. The van der Waals surface area contributed by atoms with E-state index in [0.29, 0.717) is 17.2 Å². The average Bonchev–Trinajstić information content (AvgIpc) is 2.38. The van der Waals surface area contributed by atoms with Crippen molar-refractivity contribution in [3.63, 3.8) is 0 Å². The summed E-state index contributed by atoms with van der Waals surface area (Å²) in [4.78, 5) is 0. The van der Waals surface area contributed by atoms with Gasteiger partial charge in [-0.05, 0) is 63.1 Å². The lowest BCUT2D eigenvalue weighted by Gasteiger charge is -2.15. The molecule has 0 aromatic heterocycles. The highest BCUT2D eigenvalue weighted by Gasteiger charge is 2.09. The number of anilines is 1. The van der Waals surface area contributed by atoms with Crippen LogP contribution >= 0.6 is 0 Å². The SMILES string of the molecule is Cc1ccc(Oc2cccc(OC(C)C)c2N)cc1C. The second-order valence-electron chi connectivity index (χ2n) is 5.18. The molecule has 0 fully saturated rings. The first kappa shape index (κ1) is 14.3. The summed E-state index contributed by atoms with van der Waals surface area (Å²) in [6.07, 6.45) is 0.0779. The van der Waals surface area contributed by atoms with Gasteiger partial charge in [0.05, 0.1) is 6.10 Å². The Hall–Kier alpha value is -2.16. The van der Waals surface area contributed by atoms with E-state index in [-0.39, 0.29) is 6.10 Å². The number of ether oxygens (including phenoxy) is 2. The van der Waals surface area contributed by atoms with Gasteiger partial charge in [0, 0.05) is 0 Å². The van der Waals surface area contributed by atoms with Crippen LogP contribution in [0.2, 0.25) is 0 Å². The first-order chi connectivity index (χ1) is 9.47. The van der Waals surface area contributed by atoms with Crippen LogP contribution < -0.4 is 15.2 Å². The Morgan fingerprint density at radius 2 is 1.65 bits per heavy atom. The van der Waals surface area contributed by atoms with E-state index in [4.69, 9.17) is 15.2 Å². The van der Waals surface area contributed by atoms with Crippen molar-refractivity contribution in [3.8, 4) is 17.2 Å². The molecule has 0 amide bonds. The van der Waals surface area contributed by atoms with E-state index >= 15 is 0 Å². The molecule has 2 rings (SSSR count). The van der Waals surface area contributed by atoms with Crippen molar-refractivity contribution in [2.24, 2.45) is 0 Å². The van der Waals surface area contributed by atoms with Gasteiger partial charge in [0.25, 0.3) is 0 Å². The fourth-order valence-electron chi connectivity index (χ4n) is 1.87. The van der Waals surface area contributed by atoms with E-state index in [1.54, 1.807) is 0 Å². The number of hydrogen-bond acceptors (Lipinski definition) is 3. The zero-order valence-corrected chi connectivity index (χ0v) is 12.4. The molecule has 2 N–H and O–H groups in total. The number of benzene rings is 2. The topological polar surface area (TPSA) is 44.5 Å². The average molecular weight is 271 g/mol. The molecule has 0 spiro atoms. The van der Waals surface area contributed by atoms with E-state index in [1.165, 1.54) is 11.1 Å². The molecule has 106 valence electrons. The van der Waals surface area contributed by atoms with Gasteiger partial charge in [0.15, 0.2) is 5.75 Å². The second kappa shape index (κ2) is 5.87. The van der Waals surface area contributed by atoms with Crippen molar-refractivity contribution < 1.29 is 9.47 Å². The molecule has 2 aromatic rings. The molecule has 3 heteroatoms. The minimum Gasteiger partial charge on any atom is -0.489 e. The van der Waals surface area contributed by atoms with Crippen LogP contribution in [0, 0.1) is 13.8 Å². The zero-order valence-electron chi connectivity index (χ0n) is 12.4. The summed E-state index contributed by atoms with van der Waals surface area (Å²) in [5.41, 5.74) is 9.05.